The molecule has 0 radical (unpaired) electrons. The Kier molecular flexibility index (Phi) is 7.90. The molecule has 1 aliphatic rings. The van der Waals surface area contributed by atoms with Gasteiger partial charge in [-0.25, -0.2) is 10.4 Å². The molecule has 7 nitrogen and oxygen atoms in total. The molecule has 0 bridgehead atoms. The highest BCUT2D eigenvalue weighted by Gasteiger charge is 2.23. The van der Waals surface area contributed by atoms with Crippen LogP contribution in [0.15, 0.2) is 55.2 Å². The van der Waals surface area contributed by atoms with Crippen molar-refractivity contribution in [2.75, 3.05) is 12.4 Å². The number of nitrogens with one attached hydrogen (secondary N) is 1. The van der Waals surface area contributed by atoms with Crippen LogP contribution >= 0.6 is 50.4 Å². The van der Waals surface area contributed by atoms with Crippen LogP contribution in [0.4, 0.5) is 0 Å². The molecular weight excluding hydrogens is 580 g/mol. The summed E-state index contributed by atoms with van der Waals surface area (Å²) in [6.07, 6.45) is 5.72. The van der Waals surface area contributed by atoms with Crippen LogP contribution in [0.3, 0.4) is 0 Å². The van der Waals surface area contributed by atoms with E-state index in [-0.39, 0.29) is 17.2 Å². The van der Waals surface area contributed by atoms with Crippen LogP contribution in [0.1, 0.15) is 35.1 Å². The van der Waals surface area contributed by atoms with E-state index in [1.807, 2.05) is 43.3 Å². The number of halogens is 1. The Labute approximate surface area is 228 Å². The topological polar surface area (TPSA) is 85.6 Å². The molecule has 0 atom stereocenters. The predicted molar refractivity (Wildman–Crippen MR) is 152 cm³/mol. The highest BCUT2D eigenvalue weighted by molar-refractivity contribution is 9.11. The molecule has 3 heterocycles. The van der Waals surface area contributed by atoms with Gasteiger partial charge in [-0.05, 0) is 90.5 Å². The highest BCUT2D eigenvalue weighted by Crippen LogP contribution is 2.35. The minimum Gasteiger partial charge on any atom is -0.494 e. The van der Waals surface area contributed by atoms with Crippen LogP contribution in [0.5, 0.6) is 5.75 Å². The standard InChI is InChI=1S/C25H23BrN4O3S3/c1-2-33-16-9-7-15(8-10-16)30-24(32)22-18-5-3-4-6-19(18)36-23(22)28-25(30)34-14-21(31)29-27-13-17-11-12-20(26)35-17/h7-13H,2-6,14H2,1H3,(H,29,31). The zero-order chi connectivity index (χ0) is 25.1. The van der Waals surface area contributed by atoms with E-state index in [4.69, 9.17) is 9.72 Å². The monoisotopic (exact) mass is 602 g/mol. The molecule has 186 valence electrons. The van der Waals surface area contributed by atoms with Gasteiger partial charge in [0.25, 0.3) is 11.5 Å². The molecule has 0 saturated heterocycles. The number of thiophene rings is 2. The van der Waals surface area contributed by atoms with Gasteiger partial charge >= 0.3 is 0 Å². The van der Waals surface area contributed by atoms with Crippen LogP contribution < -0.4 is 15.7 Å². The van der Waals surface area contributed by atoms with Gasteiger partial charge in [0.2, 0.25) is 0 Å². The van der Waals surface area contributed by atoms with E-state index >= 15 is 0 Å². The fraction of sp³-hybridized carbons (Fsp3) is 0.280. The van der Waals surface area contributed by atoms with Crippen LogP contribution in [0, 0.1) is 0 Å². The van der Waals surface area contributed by atoms with E-state index < -0.39 is 0 Å². The maximum Gasteiger partial charge on any atom is 0.267 e. The van der Waals surface area contributed by atoms with Crippen LogP contribution in [0.2, 0.25) is 0 Å². The smallest absolute Gasteiger partial charge is 0.267 e. The number of ether oxygens (including phenoxy) is 1. The third-order valence-corrected chi connectivity index (χ3v) is 9.35. The van der Waals surface area contributed by atoms with Crippen molar-refractivity contribution in [1.29, 1.82) is 0 Å². The normalized spacial score (nSPS) is 13.3. The summed E-state index contributed by atoms with van der Waals surface area (Å²) in [7, 11) is 0. The highest BCUT2D eigenvalue weighted by atomic mass is 79.9. The Morgan fingerprint density at radius 1 is 1.22 bits per heavy atom. The number of benzene rings is 1. The Hall–Kier alpha value is -2.47. The third-order valence-electron chi connectivity index (χ3n) is 5.67. The van der Waals surface area contributed by atoms with Crippen LogP contribution in [-0.2, 0) is 17.6 Å². The fourth-order valence-corrected chi connectivity index (χ4v) is 7.50. The SMILES string of the molecule is CCOc1ccc(-n2c(SCC(=O)NN=Cc3ccc(Br)s3)nc3sc4c(c3c2=O)CCCC4)cc1. The lowest BCUT2D eigenvalue weighted by Crippen LogP contribution is -2.24. The number of amides is 1. The van der Waals surface area contributed by atoms with Crippen molar-refractivity contribution in [3.63, 3.8) is 0 Å². The summed E-state index contributed by atoms with van der Waals surface area (Å²) in [5.41, 5.74) is 4.30. The van der Waals surface area contributed by atoms with Gasteiger partial charge in [0.1, 0.15) is 10.6 Å². The molecule has 4 aromatic rings. The largest absolute Gasteiger partial charge is 0.494 e. The summed E-state index contributed by atoms with van der Waals surface area (Å²) in [6.45, 7) is 2.50. The number of hydrazone groups is 1. The zero-order valence-electron chi connectivity index (χ0n) is 19.5. The number of carbonyl (C=O) groups excluding carboxylic acids is 1. The number of hydrogen-bond acceptors (Lipinski definition) is 8. The lowest BCUT2D eigenvalue weighted by atomic mass is 9.97. The Balaban J connectivity index is 1.45. The van der Waals surface area contributed by atoms with Gasteiger partial charge in [0.05, 0.1) is 33.4 Å². The molecule has 0 unspecified atom stereocenters. The minimum absolute atomic E-state index is 0.0749. The molecule has 36 heavy (non-hydrogen) atoms. The van der Waals surface area contributed by atoms with E-state index in [1.54, 1.807) is 22.1 Å². The van der Waals surface area contributed by atoms with Crippen molar-refractivity contribution >= 4 is 72.7 Å². The first-order valence-corrected chi connectivity index (χ1v) is 14.9. The summed E-state index contributed by atoms with van der Waals surface area (Å²) in [4.78, 5) is 34.1. The van der Waals surface area contributed by atoms with E-state index in [9.17, 15) is 9.59 Å². The van der Waals surface area contributed by atoms with E-state index in [0.717, 1.165) is 50.5 Å². The molecule has 5 rings (SSSR count). The van der Waals surface area contributed by atoms with Crippen molar-refractivity contribution in [2.24, 2.45) is 5.10 Å². The zero-order valence-corrected chi connectivity index (χ0v) is 23.5. The van der Waals surface area contributed by atoms with Gasteiger partial charge in [-0.1, -0.05) is 11.8 Å². The summed E-state index contributed by atoms with van der Waals surface area (Å²) >= 11 is 7.76. The summed E-state index contributed by atoms with van der Waals surface area (Å²) in [6, 6.07) is 11.2. The maximum absolute atomic E-state index is 13.8. The molecule has 1 aliphatic carbocycles. The second kappa shape index (κ2) is 11.3. The van der Waals surface area contributed by atoms with Gasteiger partial charge in [-0.3, -0.25) is 14.2 Å². The number of nitrogens with zero attached hydrogens (tertiary/aromatic N) is 3. The first kappa shape index (κ1) is 25.2. The minimum atomic E-state index is -0.273. The van der Waals surface area contributed by atoms with E-state index in [2.05, 4.69) is 26.5 Å². The number of thioether (sulfide) groups is 1. The van der Waals surface area contributed by atoms with Crippen molar-refractivity contribution in [3.05, 3.63) is 65.9 Å². The molecule has 1 amide bonds. The average Bonchev–Trinajstić information content (AvgIpc) is 3.46. The molecule has 3 aromatic heterocycles. The molecule has 0 fully saturated rings. The molecule has 0 saturated carbocycles. The van der Waals surface area contributed by atoms with Crippen molar-refractivity contribution in [1.82, 2.24) is 15.0 Å². The number of fused-ring (bicyclic) bond motifs is 3. The van der Waals surface area contributed by atoms with Crippen molar-refractivity contribution in [2.45, 2.75) is 37.8 Å². The molecule has 11 heteroatoms. The lowest BCUT2D eigenvalue weighted by molar-refractivity contribution is -0.118. The quantitative estimate of drug-likeness (QED) is 0.119. The molecule has 1 N–H and O–H groups in total. The second-order valence-electron chi connectivity index (χ2n) is 8.08. The van der Waals surface area contributed by atoms with Gasteiger partial charge in [-0.2, -0.15) is 5.10 Å². The number of hydrogen-bond donors (Lipinski definition) is 1. The van der Waals surface area contributed by atoms with E-state index in [1.165, 1.54) is 28.0 Å². The van der Waals surface area contributed by atoms with Gasteiger partial charge in [0.15, 0.2) is 5.16 Å². The van der Waals surface area contributed by atoms with Gasteiger partial charge < -0.3 is 4.74 Å². The molecule has 0 aliphatic heterocycles. The number of carbonyl (C=O) groups is 1. The Bertz CT molecular complexity index is 1490. The first-order valence-electron chi connectivity index (χ1n) is 11.5. The second-order valence-corrected chi connectivity index (χ2v) is 12.6. The Morgan fingerprint density at radius 2 is 2.03 bits per heavy atom. The number of aryl methyl sites for hydroxylation is 2. The Morgan fingerprint density at radius 3 is 2.78 bits per heavy atom. The number of rotatable bonds is 8. The van der Waals surface area contributed by atoms with Gasteiger partial charge in [0, 0.05) is 9.75 Å². The van der Waals surface area contributed by atoms with E-state index in [0.29, 0.717) is 22.8 Å². The van der Waals surface area contributed by atoms with Crippen molar-refractivity contribution in [3.8, 4) is 11.4 Å². The molecule has 1 aromatic carbocycles. The van der Waals surface area contributed by atoms with Crippen LogP contribution in [-0.4, -0.2) is 34.0 Å². The fourth-order valence-electron chi connectivity index (χ4n) is 4.10. The third kappa shape index (κ3) is 5.44. The first-order chi connectivity index (χ1) is 17.5. The summed E-state index contributed by atoms with van der Waals surface area (Å²) in [5.74, 6) is 0.538. The van der Waals surface area contributed by atoms with Crippen LogP contribution in [0.25, 0.3) is 15.9 Å². The lowest BCUT2D eigenvalue weighted by Gasteiger charge is -2.14. The molecule has 0 spiro atoms. The summed E-state index contributed by atoms with van der Waals surface area (Å²) < 4.78 is 8.17. The summed E-state index contributed by atoms with van der Waals surface area (Å²) in [5, 5.41) is 5.23. The average molecular weight is 604 g/mol. The van der Waals surface area contributed by atoms with Gasteiger partial charge in [-0.15, -0.1) is 22.7 Å². The number of aromatic nitrogens is 2. The maximum atomic E-state index is 13.8. The predicted octanol–water partition coefficient (Wildman–Crippen LogP) is 5.79. The molecular formula is C25H23BrN4O3S3. The van der Waals surface area contributed by atoms with Crippen molar-refractivity contribution < 1.29 is 9.53 Å².